The van der Waals surface area contributed by atoms with E-state index < -0.39 is 11.0 Å². The fourth-order valence-electron chi connectivity index (χ4n) is 2.84. The van der Waals surface area contributed by atoms with Gasteiger partial charge in [0, 0.05) is 34.2 Å². The van der Waals surface area contributed by atoms with Gasteiger partial charge in [0.1, 0.15) is 11.6 Å². The van der Waals surface area contributed by atoms with Gasteiger partial charge in [-0.15, -0.1) is 11.3 Å². The predicted octanol–water partition coefficient (Wildman–Crippen LogP) is 4.24. The van der Waals surface area contributed by atoms with Crippen molar-refractivity contribution in [3.63, 3.8) is 0 Å². The zero-order valence-corrected chi connectivity index (χ0v) is 16.3. The summed E-state index contributed by atoms with van der Waals surface area (Å²) < 4.78 is 5.38. The summed E-state index contributed by atoms with van der Waals surface area (Å²) in [6.07, 6.45) is 0.149. The fourth-order valence-corrected chi connectivity index (χ4v) is 4.15. The molecule has 28 heavy (non-hydrogen) atoms. The maximum absolute atomic E-state index is 12.6. The number of carbonyl (C=O) groups excluding carboxylic acids is 1. The molecule has 0 spiro atoms. The van der Waals surface area contributed by atoms with Gasteiger partial charge in [-0.05, 0) is 29.6 Å². The molecule has 12 heteroatoms. The Balaban J connectivity index is 1.64. The largest absolute Gasteiger partial charge is 0.445 e. The number of thiazole rings is 1. The molecule has 1 aromatic heterocycles. The number of amides is 1. The van der Waals surface area contributed by atoms with E-state index in [9.17, 15) is 14.9 Å². The Bertz CT molecular complexity index is 912. The van der Waals surface area contributed by atoms with Crippen LogP contribution in [0.15, 0.2) is 34.8 Å². The molecule has 1 amide bonds. The molecule has 146 valence electrons. The third-order valence-electron chi connectivity index (χ3n) is 4.17. The summed E-state index contributed by atoms with van der Waals surface area (Å²) in [4.78, 5) is 31.5. The van der Waals surface area contributed by atoms with Gasteiger partial charge in [-0.3, -0.25) is 15.0 Å². The van der Waals surface area contributed by atoms with Crippen LogP contribution in [0.2, 0.25) is 0 Å². The van der Waals surface area contributed by atoms with E-state index >= 15 is 0 Å². The molecular weight excluding hydrogens is 404 g/mol. The van der Waals surface area contributed by atoms with Crippen molar-refractivity contribution in [3.05, 3.63) is 66.5 Å². The average Bonchev–Trinajstić information content (AvgIpc) is 3.31. The number of rotatable bonds is 6. The number of nitro groups is 1. The monoisotopic (exact) mass is 420 g/mol. The molecule has 1 aliphatic rings. The van der Waals surface area contributed by atoms with Gasteiger partial charge in [0.15, 0.2) is 0 Å². The Labute approximate surface area is 169 Å². The molecule has 0 radical (unpaired) electrons. The Morgan fingerprint density at radius 1 is 1.50 bits per heavy atom. The van der Waals surface area contributed by atoms with Crippen LogP contribution < -0.4 is 0 Å². The predicted molar refractivity (Wildman–Crippen MR) is 105 cm³/mol. The summed E-state index contributed by atoms with van der Waals surface area (Å²) in [6, 6.07) is 5.59. The number of hydrogen-bond donors (Lipinski definition) is 1. The highest BCUT2D eigenvalue weighted by atomic mass is 32.1. The zero-order valence-electron chi connectivity index (χ0n) is 14.5. The molecule has 0 unspecified atom stereocenters. The van der Waals surface area contributed by atoms with Crippen LogP contribution in [0.3, 0.4) is 0 Å². The lowest BCUT2D eigenvalue weighted by Crippen LogP contribution is -2.31. The number of carbonyl (C=O) groups is 1. The Kier molecular flexibility index (Phi) is 6.34. The van der Waals surface area contributed by atoms with Crippen molar-refractivity contribution in [3.8, 4) is 0 Å². The molecule has 0 bridgehead atoms. The second-order valence-electron chi connectivity index (χ2n) is 6.10. The van der Waals surface area contributed by atoms with Gasteiger partial charge in [-0.25, -0.2) is 9.78 Å². The Morgan fingerprint density at radius 3 is 2.93 bits per heavy atom. The van der Waals surface area contributed by atoms with E-state index in [1.165, 1.54) is 23.5 Å². The van der Waals surface area contributed by atoms with E-state index in [1.54, 1.807) is 22.4 Å². The fraction of sp³-hybridized carbons (Fsp3) is 0.375. The van der Waals surface area contributed by atoms with Crippen molar-refractivity contribution in [2.75, 3.05) is 6.54 Å². The summed E-state index contributed by atoms with van der Waals surface area (Å²) in [5.74, 6) is 0. The summed E-state index contributed by atoms with van der Waals surface area (Å²) in [6.45, 7) is 0.601. The summed E-state index contributed by atoms with van der Waals surface area (Å²) in [5, 5.41) is 16.7. The molecule has 2 atom stereocenters. The van der Waals surface area contributed by atoms with Crippen molar-refractivity contribution in [1.29, 1.82) is 0 Å². The Morgan fingerprint density at radius 2 is 2.25 bits per heavy atom. The summed E-state index contributed by atoms with van der Waals surface area (Å²) in [7, 11) is 0. The number of nitro benzene ring substituents is 1. The molecule has 0 N–H and O–H groups in total. The number of likely N-dealkylation sites (tertiary alicyclic amines) is 1. The standard InChI is InChI=1S/C16H16N6O4S2/c17-20-18-6-11-9-28-15(19-11)14-5-13(27)7-21(14)16(23)26-8-10-1-3-12(4-2-10)22(24)25/h1-4,9,13-14,27H,5-8H2/t13-,14-/m0/s1. The topological polar surface area (TPSA) is 134 Å². The van der Waals surface area contributed by atoms with E-state index in [1.807, 2.05) is 0 Å². The molecule has 1 aliphatic heterocycles. The van der Waals surface area contributed by atoms with E-state index in [2.05, 4.69) is 27.6 Å². The molecule has 1 fully saturated rings. The van der Waals surface area contributed by atoms with Crippen LogP contribution in [0.4, 0.5) is 10.5 Å². The highest BCUT2D eigenvalue weighted by Crippen LogP contribution is 2.36. The van der Waals surface area contributed by atoms with Gasteiger partial charge in [0.25, 0.3) is 5.69 Å². The number of aromatic nitrogens is 1. The number of azide groups is 1. The van der Waals surface area contributed by atoms with E-state index in [0.717, 1.165) is 5.01 Å². The maximum Gasteiger partial charge on any atom is 0.410 e. The van der Waals surface area contributed by atoms with Crippen molar-refractivity contribution in [2.24, 2.45) is 5.11 Å². The quantitative estimate of drug-likeness (QED) is 0.186. The van der Waals surface area contributed by atoms with Crippen LogP contribution in [0.5, 0.6) is 0 Å². The SMILES string of the molecule is [N-]=[N+]=NCc1csc([C@@H]2C[C@H](S)CN2C(=O)OCc2ccc([N+](=O)[O-])cc2)n1. The highest BCUT2D eigenvalue weighted by Gasteiger charge is 2.37. The highest BCUT2D eigenvalue weighted by molar-refractivity contribution is 7.81. The van der Waals surface area contributed by atoms with Crippen molar-refractivity contribution in [1.82, 2.24) is 9.88 Å². The lowest BCUT2D eigenvalue weighted by Gasteiger charge is -2.22. The number of benzene rings is 1. The molecule has 2 aromatic rings. The van der Waals surface area contributed by atoms with Gasteiger partial charge in [0.05, 0.1) is 23.2 Å². The Hall–Kier alpha value is -2.82. The first-order valence-electron chi connectivity index (χ1n) is 8.28. The van der Waals surface area contributed by atoms with Crippen LogP contribution in [0, 0.1) is 10.1 Å². The number of hydrogen-bond acceptors (Lipinski definition) is 8. The lowest BCUT2D eigenvalue weighted by atomic mass is 10.2. The van der Waals surface area contributed by atoms with Crippen LogP contribution in [0.1, 0.15) is 28.7 Å². The van der Waals surface area contributed by atoms with E-state index in [4.69, 9.17) is 10.3 Å². The van der Waals surface area contributed by atoms with E-state index in [0.29, 0.717) is 24.2 Å². The molecule has 0 aliphatic carbocycles. The lowest BCUT2D eigenvalue weighted by molar-refractivity contribution is -0.384. The molecule has 1 aromatic carbocycles. The minimum Gasteiger partial charge on any atom is -0.445 e. The molecule has 1 saturated heterocycles. The van der Waals surface area contributed by atoms with Crippen LogP contribution in [-0.2, 0) is 17.9 Å². The number of non-ortho nitro benzene ring substituents is 1. The first kappa shape index (κ1) is 19.9. The molecule has 3 rings (SSSR count). The first-order valence-corrected chi connectivity index (χ1v) is 9.67. The smallest absolute Gasteiger partial charge is 0.410 e. The van der Waals surface area contributed by atoms with Crippen LogP contribution in [0.25, 0.3) is 10.4 Å². The van der Waals surface area contributed by atoms with Gasteiger partial charge in [-0.1, -0.05) is 5.11 Å². The molecule has 10 nitrogen and oxygen atoms in total. The first-order chi connectivity index (χ1) is 13.5. The van der Waals surface area contributed by atoms with Gasteiger partial charge < -0.3 is 4.74 Å². The van der Waals surface area contributed by atoms with Crippen molar-refractivity contribution in [2.45, 2.75) is 30.9 Å². The van der Waals surface area contributed by atoms with Crippen molar-refractivity contribution >= 4 is 35.7 Å². The number of thiol groups is 1. The van der Waals surface area contributed by atoms with E-state index in [-0.39, 0.29) is 30.1 Å². The van der Waals surface area contributed by atoms with Gasteiger partial charge in [0.2, 0.25) is 0 Å². The maximum atomic E-state index is 12.6. The minimum absolute atomic E-state index is 0.00130. The second-order valence-corrected chi connectivity index (χ2v) is 7.72. The molecular formula is C16H16N6O4S2. The third kappa shape index (κ3) is 4.71. The van der Waals surface area contributed by atoms with Crippen molar-refractivity contribution < 1.29 is 14.5 Å². The number of ether oxygens (including phenoxy) is 1. The third-order valence-corrected chi connectivity index (χ3v) is 5.54. The van der Waals surface area contributed by atoms with Gasteiger partial charge in [-0.2, -0.15) is 12.6 Å². The van der Waals surface area contributed by atoms with Gasteiger partial charge >= 0.3 is 6.09 Å². The average molecular weight is 420 g/mol. The second kappa shape index (κ2) is 8.91. The van der Waals surface area contributed by atoms with Crippen LogP contribution in [-0.4, -0.2) is 32.7 Å². The molecule has 0 saturated carbocycles. The summed E-state index contributed by atoms with van der Waals surface area (Å²) in [5.41, 5.74) is 9.70. The minimum atomic E-state index is -0.494. The zero-order chi connectivity index (χ0) is 20.1. The molecule has 2 heterocycles. The summed E-state index contributed by atoms with van der Waals surface area (Å²) >= 11 is 5.88. The number of nitrogens with zero attached hydrogens (tertiary/aromatic N) is 6. The normalized spacial score (nSPS) is 18.5. The van der Waals surface area contributed by atoms with Crippen LogP contribution >= 0.6 is 24.0 Å².